The largest absolute Gasteiger partial charge is 0.457 e. The summed E-state index contributed by atoms with van der Waals surface area (Å²) in [4.78, 5) is 2.62. The predicted molar refractivity (Wildman–Crippen MR) is 218 cm³/mol. The SMILES string of the molecule is CC1(C)CCC(C)(C)c2cc(N(c3ccc4c(c3)C(C)(C)CCC4(C)C)c3ccc4c(c3)C3(c5ccccc5O4)C4CC5CC6CC3C4(C5)C6)ccc21. The zero-order valence-corrected chi connectivity index (χ0v) is 33.5. The minimum atomic E-state index is 0.0412. The molecule has 4 fully saturated rings. The van der Waals surface area contributed by atoms with Crippen LogP contribution in [-0.4, -0.2) is 0 Å². The number of anilines is 3. The van der Waals surface area contributed by atoms with Crippen molar-refractivity contribution in [2.24, 2.45) is 29.1 Å². The number of para-hydroxylation sites is 1. The molecule has 274 valence electrons. The molecule has 3 bridgehead atoms. The molecule has 2 nitrogen and oxygen atoms in total. The normalized spacial score (nSPS) is 33.5. The van der Waals surface area contributed by atoms with Crippen LogP contribution in [0.3, 0.4) is 0 Å². The monoisotopic (exact) mass is 701 g/mol. The number of nitrogens with zero attached hydrogens (tertiary/aromatic N) is 1. The van der Waals surface area contributed by atoms with E-state index in [9.17, 15) is 0 Å². The van der Waals surface area contributed by atoms with Crippen LogP contribution in [0.15, 0.2) is 78.9 Å². The van der Waals surface area contributed by atoms with Crippen LogP contribution in [0.1, 0.15) is 147 Å². The van der Waals surface area contributed by atoms with Crippen LogP contribution < -0.4 is 9.64 Å². The minimum Gasteiger partial charge on any atom is -0.457 e. The fourth-order valence-electron chi connectivity index (χ4n) is 14.4. The molecule has 0 amide bonds. The molecule has 7 aliphatic rings. The second-order valence-corrected chi connectivity index (χ2v) is 21.7. The van der Waals surface area contributed by atoms with Crippen LogP contribution in [0.4, 0.5) is 17.1 Å². The summed E-state index contributed by atoms with van der Waals surface area (Å²) in [7, 11) is 0. The summed E-state index contributed by atoms with van der Waals surface area (Å²) < 4.78 is 6.92. The smallest absolute Gasteiger partial charge is 0.131 e. The molecule has 6 aliphatic carbocycles. The van der Waals surface area contributed by atoms with Crippen LogP contribution in [0.25, 0.3) is 0 Å². The van der Waals surface area contributed by atoms with Gasteiger partial charge < -0.3 is 9.64 Å². The number of ether oxygens (including phenoxy) is 1. The lowest BCUT2D eigenvalue weighted by molar-refractivity contribution is -0.0882. The number of fused-ring (bicyclic) bond motifs is 10. The van der Waals surface area contributed by atoms with Gasteiger partial charge in [0.1, 0.15) is 11.5 Å². The molecule has 4 aromatic carbocycles. The summed E-state index contributed by atoms with van der Waals surface area (Å²) in [6, 6.07) is 31.4. The van der Waals surface area contributed by atoms with E-state index in [-0.39, 0.29) is 27.1 Å². The second-order valence-electron chi connectivity index (χ2n) is 21.7. The maximum absolute atomic E-state index is 6.92. The van der Waals surface area contributed by atoms with Gasteiger partial charge in [-0.05, 0) is 179 Å². The van der Waals surface area contributed by atoms with Crippen molar-refractivity contribution in [3.05, 3.63) is 112 Å². The summed E-state index contributed by atoms with van der Waals surface area (Å²) in [5, 5.41) is 0. The first-order valence-electron chi connectivity index (χ1n) is 21.2. The van der Waals surface area contributed by atoms with Gasteiger partial charge in [-0.3, -0.25) is 0 Å². The maximum atomic E-state index is 6.92. The highest BCUT2D eigenvalue weighted by Gasteiger charge is 2.79. The van der Waals surface area contributed by atoms with E-state index in [2.05, 4.69) is 139 Å². The highest BCUT2D eigenvalue weighted by atomic mass is 16.5. The van der Waals surface area contributed by atoms with Crippen molar-refractivity contribution in [1.29, 1.82) is 0 Å². The lowest BCUT2D eigenvalue weighted by Crippen LogP contribution is -2.64. The van der Waals surface area contributed by atoms with E-state index < -0.39 is 0 Å². The van der Waals surface area contributed by atoms with E-state index in [1.165, 1.54) is 108 Å². The third-order valence-electron chi connectivity index (χ3n) is 17.0. The molecule has 11 rings (SSSR count). The number of hydrogen-bond acceptors (Lipinski definition) is 2. The number of hydrogen-bond donors (Lipinski definition) is 0. The zero-order chi connectivity index (χ0) is 36.5. The Balaban J connectivity index is 1.14. The Bertz CT molecular complexity index is 2110. The first kappa shape index (κ1) is 32.9. The molecule has 1 aliphatic heterocycles. The van der Waals surface area contributed by atoms with E-state index in [4.69, 9.17) is 4.74 Å². The fourth-order valence-corrected chi connectivity index (χ4v) is 14.4. The van der Waals surface area contributed by atoms with Crippen LogP contribution >= 0.6 is 0 Å². The molecule has 1 heterocycles. The lowest BCUT2D eigenvalue weighted by atomic mass is 9.37. The van der Waals surface area contributed by atoms with Gasteiger partial charge in [0.2, 0.25) is 0 Å². The maximum Gasteiger partial charge on any atom is 0.131 e. The first-order chi connectivity index (χ1) is 25.1. The van der Waals surface area contributed by atoms with E-state index in [1.807, 2.05) is 0 Å². The molecule has 0 radical (unpaired) electrons. The van der Waals surface area contributed by atoms with Gasteiger partial charge in [0, 0.05) is 33.6 Å². The Morgan fingerprint density at radius 2 is 0.925 bits per heavy atom. The van der Waals surface area contributed by atoms with Gasteiger partial charge in [-0.2, -0.15) is 0 Å². The van der Waals surface area contributed by atoms with Crippen LogP contribution in [0.5, 0.6) is 11.5 Å². The Morgan fingerprint density at radius 3 is 1.47 bits per heavy atom. The summed E-state index contributed by atoms with van der Waals surface area (Å²) in [6.45, 7) is 19.6. The van der Waals surface area contributed by atoms with E-state index >= 15 is 0 Å². The molecule has 4 atom stereocenters. The van der Waals surface area contributed by atoms with Crippen molar-refractivity contribution in [3.63, 3.8) is 0 Å². The van der Waals surface area contributed by atoms with Gasteiger partial charge in [-0.15, -0.1) is 0 Å². The third-order valence-corrected chi connectivity index (χ3v) is 17.0. The van der Waals surface area contributed by atoms with Crippen LogP contribution in [0, 0.1) is 29.1 Å². The quantitative estimate of drug-likeness (QED) is 0.211. The van der Waals surface area contributed by atoms with Crippen molar-refractivity contribution in [2.75, 3.05) is 4.90 Å². The molecular weight excluding hydrogens is 643 g/mol. The molecule has 4 saturated carbocycles. The minimum absolute atomic E-state index is 0.0412. The fraction of sp³-hybridized carbons (Fsp3) is 0.529. The summed E-state index contributed by atoms with van der Waals surface area (Å²) in [5.74, 6) is 5.44. The van der Waals surface area contributed by atoms with Gasteiger partial charge in [-0.1, -0.05) is 85.7 Å². The van der Waals surface area contributed by atoms with Crippen molar-refractivity contribution in [2.45, 2.75) is 140 Å². The van der Waals surface area contributed by atoms with Gasteiger partial charge in [0.15, 0.2) is 0 Å². The van der Waals surface area contributed by atoms with Crippen LogP contribution in [-0.2, 0) is 27.1 Å². The highest BCUT2D eigenvalue weighted by Crippen LogP contribution is 2.85. The summed E-state index contributed by atoms with van der Waals surface area (Å²) >= 11 is 0. The molecule has 53 heavy (non-hydrogen) atoms. The van der Waals surface area contributed by atoms with Crippen molar-refractivity contribution in [1.82, 2.24) is 0 Å². The molecule has 2 spiro atoms. The molecule has 0 aromatic heterocycles. The van der Waals surface area contributed by atoms with E-state index in [1.54, 1.807) is 0 Å². The van der Waals surface area contributed by atoms with Gasteiger partial charge in [0.25, 0.3) is 0 Å². The van der Waals surface area contributed by atoms with Crippen molar-refractivity contribution in [3.8, 4) is 11.5 Å². The van der Waals surface area contributed by atoms with Crippen LogP contribution in [0.2, 0.25) is 0 Å². The molecule has 4 unspecified atom stereocenters. The zero-order valence-electron chi connectivity index (χ0n) is 33.5. The van der Waals surface area contributed by atoms with Gasteiger partial charge in [0.05, 0.1) is 0 Å². The summed E-state index contributed by atoms with van der Waals surface area (Å²) in [6.07, 6.45) is 12.1. The molecule has 2 heteroatoms. The average molecular weight is 702 g/mol. The lowest BCUT2D eigenvalue weighted by Gasteiger charge is -2.66. The Morgan fingerprint density at radius 1 is 0.472 bits per heavy atom. The van der Waals surface area contributed by atoms with Crippen molar-refractivity contribution < 1.29 is 4.74 Å². The Labute approximate surface area is 318 Å². The van der Waals surface area contributed by atoms with Gasteiger partial charge >= 0.3 is 0 Å². The topological polar surface area (TPSA) is 12.5 Å². The van der Waals surface area contributed by atoms with Gasteiger partial charge in [-0.25, -0.2) is 0 Å². The average Bonchev–Trinajstić information content (AvgIpc) is 3.52. The Hall–Kier alpha value is -3.52. The molecule has 4 aromatic rings. The summed E-state index contributed by atoms with van der Waals surface area (Å²) in [5.41, 5.74) is 14.0. The number of benzene rings is 4. The molecular formula is C51H59NO. The van der Waals surface area contributed by atoms with E-state index in [0.717, 1.165) is 23.3 Å². The predicted octanol–water partition coefficient (Wildman–Crippen LogP) is 13.7. The Kier molecular flexibility index (Phi) is 6.33. The second kappa shape index (κ2) is 10.2. The standard InChI is InChI=1S/C51H59NO/c1-46(2)19-21-48(5,6)39-26-33(13-16-36(39)46)52(34-14-17-37-40(27-34)49(7,8)22-20-47(37,3)4)35-15-18-43-41(28-35)51(38-11-9-10-12-42(38)53-43)44-24-31-23-32-25-45(51)50(44,29-31)30-32/h9-18,26-28,31-32,44-45H,19-25,29-30H2,1-8H3. The van der Waals surface area contributed by atoms with E-state index in [0.29, 0.717) is 17.3 Å². The number of rotatable bonds is 3. The molecule has 0 saturated heterocycles. The molecule has 0 N–H and O–H groups in total. The third kappa shape index (κ3) is 4.17. The highest BCUT2D eigenvalue weighted by molar-refractivity contribution is 5.80. The first-order valence-corrected chi connectivity index (χ1v) is 21.2. The van der Waals surface area contributed by atoms with Crippen molar-refractivity contribution >= 4 is 17.1 Å².